The number of rotatable bonds is 7. The minimum Gasteiger partial charge on any atom is -0.335 e. The summed E-state index contributed by atoms with van der Waals surface area (Å²) in [5.41, 5.74) is 1.12. The predicted octanol–water partition coefficient (Wildman–Crippen LogP) is 4.98. The molecule has 33 heavy (non-hydrogen) atoms. The van der Waals surface area contributed by atoms with E-state index in [1.54, 1.807) is 29.3 Å². The molecule has 5 rings (SSSR count). The number of nitrogens with zero attached hydrogens (tertiary/aromatic N) is 6. The molecule has 0 N–H and O–H groups in total. The molecular formula is C24H24N6OS2. The van der Waals surface area contributed by atoms with Crippen LogP contribution in [0.15, 0.2) is 66.1 Å². The van der Waals surface area contributed by atoms with Crippen molar-refractivity contribution in [1.29, 1.82) is 0 Å². The van der Waals surface area contributed by atoms with E-state index in [1.807, 2.05) is 52.1 Å². The number of amides is 1. The molecule has 9 heteroatoms. The molecule has 1 aliphatic rings. The Morgan fingerprint density at radius 3 is 2.70 bits per heavy atom. The first kappa shape index (κ1) is 21.8. The first-order valence-corrected chi connectivity index (χ1v) is 12.8. The molecule has 4 aromatic rings. The zero-order valence-electron chi connectivity index (χ0n) is 18.1. The Hall–Kier alpha value is -3.04. The van der Waals surface area contributed by atoms with Gasteiger partial charge in [0.15, 0.2) is 11.0 Å². The van der Waals surface area contributed by atoms with Crippen LogP contribution in [-0.4, -0.2) is 42.1 Å². The molecule has 0 atom stereocenters. The first-order valence-electron chi connectivity index (χ1n) is 11.0. The van der Waals surface area contributed by atoms with Crippen LogP contribution >= 0.6 is 23.1 Å². The summed E-state index contributed by atoms with van der Waals surface area (Å²) in [5, 5.41) is 10.7. The Labute approximate surface area is 200 Å². The minimum absolute atomic E-state index is 0.190. The van der Waals surface area contributed by atoms with Gasteiger partial charge >= 0.3 is 0 Å². The summed E-state index contributed by atoms with van der Waals surface area (Å²) in [6.45, 7) is 1.21. The van der Waals surface area contributed by atoms with E-state index in [4.69, 9.17) is 0 Å². The lowest BCUT2D eigenvalue weighted by Gasteiger charge is -2.20. The molecule has 0 unspecified atom stereocenters. The van der Waals surface area contributed by atoms with E-state index in [1.165, 1.54) is 4.88 Å². The molecule has 1 amide bonds. The van der Waals surface area contributed by atoms with Gasteiger partial charge in [0.2, 0.25) is 5.91 Å². The fourth-order valence-electron chi connectivity index (χ4n) is 3.81. The van der Waals surface area contributed by atoms with Crippen molar-refractivity contribution in [2.45, 2.75) is 43.1 Å². The van der Waals surface area contributed by atoms with E-state index in [-0.39, 0.29) is 5.91 Å². The predicted molar refractivity (Wildman–Crippen MR) is 130 cm³/mol. The zero-order chi connectivity index (χ0) is 22.5. The maximum Gasteiger partial charge on any atom is 0.222 e. The van der Waals surface area contributed by atoms with E-state index < -0.39 is 0 Å². The fourth-order valence-corrected chi connectivity index (χ4v) is 5.71. The van der Waals surface area contributed by atoms with Crippen molar-refractivity contribution < 1.29 is 4.79 Å². The van der Waals surface area contributed by atoms with Crippen LogP contribution in [0.3, 0.4) is 0 Å². The lowest BCUT2D eigenvalue weighted by Crippen LogP contribution is -2.31. The van der Waals surface area contributed by atoms with Gasteiger partial charge in [-0.25, -0.2) is 9.97 Å². The molecule has 0 spiro atoms. The molecule has 0 aliphatic carbocycles. The number of likely N-dealkylation sites (tertiary alicyclic amines) is 1. The summed E-state index contributed by atoms with van der Waals surface area (Å²) >= 11 is 3.29. The summed E-state index contributed by atoms with van der Waals surface area (Å²) in [5.74, 6) is 2.42. The van der Waals surface area contributed by atoms with Gasteiger partial charge in [0.05, 0.1) is 6.54 Å². The molecule has 1 fully saturated rings. The number of hydrogen-bond acceptors (Lipinski definition) is 7. The third-order valence-corrected chi connectivity index (χ3v) is 7.71. The minimum atomic E-state index is 0.190. The van der Waals surface area contributed by atoms with Crippen molar-refractivity contribution in [1.82, 2.24) is 29.6 Å². The molecule has 3 aromatic heterocycles. The Bertz CT molecular complexity index is 1210. The number of pyridine rings is 1. The lowest BCUT2D eigenvalue weighted by atomic mass is 10.2. The maximum absolute atomic E-state index is 12.5. The summed E-state index contributed by atoms with van der Waals surface area (Å²) in [6, 6.07) is 16.0. The topological polar surface area (TPSA) is 76.8 Å². The largest absolute Gasteiger partial charge is 0.335 e. The number of carbonyl (C=O) groups excluding carboxylic acids is 1. The Balaban J connectivity index is 1.37. The normalized spacial score (nSPS) is 14.4. The average molecular weight is 477 g/mol. The van der Waals surface area contributed by atoms with Crippen molar-refractivity contribution in [3.63, 3.8) is 0 Å². The second kappa shape index (κ2) is 10.3. The fraction of sp³-hybridized carbons (Fsp3) is 0.292. The molecule has 7 nitrogen and oxygen atoms in total. The number of thioether (sulfide) groups is 1. The van der Waals surface area contributed by atoms with Crippen LogP contribution in [0.5, 0.6) is 0 Å². The SMILES string of the molecule is O=C1CCCCCN1Cc1nnc(SCc2cnc(-c3ccccc3)s2)n1-c1ccccn1. The summed E-state index contributed by atoms with van der Waals surface area (Å²) in [4.78, 5) is 24.7. The third-order valence-electron chi connectivity index (χ3n) is 5.50. The Morgan fingerprint density at radius 1 is 0.970 bits per heavy atom. The van der Waals surface area contributed by atoms with Crippen LogP contribution in [0.4, 0.5) is 0 Å². The molecule has 0 saturated carbocycles. The first-order chi connectivity index (χ1) is 16.3. The third kappa shape index (κ3) is 5.15. The highest BCUT2D eigenvalue weighted by molar-refractivity contribution is 7.98. The summed E-state index contributed by atoms with van der Waals surface area (Å²) in [6.07, 6.45) is 7.38. The van der Waals surface area contributed by atoms with Crippen molar-refractivity contribution in [2.24, 2.45) is 0 Å². The van der Waals surface area contributed by atoms with E-state index in [9.17, 15) is 4.79 Å². The average Bonchev–Trinajstić information content (AvgIpc) is 3.44. The Kier molecular flexibility index (Phi) is 6.78. The van der Waals surface area contributed by atoms with Gasteiger partial charge in [-0.1, -0.05) is 54.6 Å². The molecular weight excluding hydrogens is 452 g/mol. The van der Waals surface area contributed by atoms with Crippen LogP contribution in [0.25, 0.3) is 16.4 Å². The van der Waals surface area contributed by atoms with E-state index in [0.29, 0.717) is 13.0 Å². The molecule has 1 aliphatic heterocycles. The standard InChI is InChI=1S/C24H24N6OS2/c31-22-12-5-2-8-14-29(22)16-21-27-28-24(30(21)20-11-6-7-13-25-20)32-17-19-15-26-23(33-19)18-9-3-1-4-10-18/h1,3-4,6-7,9-11,13,15H,2,5,8,12,14,16-17H2. The Morgan fingerprint density at radius 2 is 1.85 bits per heavy atom. The van der Waals surface area contributed by atoms with Crippen molar-refractivity contribution >= 4 is 29.0 Å². The van der Waals surface area contributed by atoms with Crippen LogP contribution in [-0.2, 0) is 17.1 Å². The van der Waals surface area contributed by atoms with Gasteiger partial charge in [-0.15, -0.1) is 21.5 Å². The van der Waals surface area contributed by atoms with Gasteiger partial charge in [0.1, 0.15) is 10.8 Å². The number of aromatic nitrogens is 5. The quantitative estimate of drug-likeness (QED) is 0.350. The summed E-state index contributed by atoms with van der Waals surface area (Å²) in [7, 11) is 0. The van der Waals surface area contributed by atoms with E-state index >= 15 is 0 Å². The molecule has 0 radical (unpaired) electrons. The van der Waals surface area contributed by atoms with Crippen LogP contribution in [0.1, 0.15) is 36.4 Å². The van der Waals surface area contributed by atoms with Crippen molar-refractivity contribution in [2.75, 3.05) is 6.54 Å². The van der Waals surface area contributed by atoms with Gasteiger partial charge in [-0.2, -0.15) is 0 Å². The van der Waals surface area contributed by atoms with Crippen LogP contribution < -0.4 is 0 Å². The number of carbonyl (C=O) groups is 1. The second-order valence-electron chi connectivity index (χ2n) is 7.83. The molecule has 1 saturated heterocycles. The molecule has 168 valence electrons. The van der Waals surface area contributed by atoms with Crippen LogP contribution in [0.2, 0.25) is 0 Å². The van der Waals surface area contributed by atoms with Crippen LogP contribution in [0, 0.1) is 0 Å². The van der Waals surface area contributed by atoms with Crippen molar-refractivity contribution in [3.8, 4) is 16.4 Å². The number of hydrogen-bond donors (Lipinski definition) is 0. The maximum atomic E-state index is 12.5. The highest BCUT2D eigenvalue weighted by atomic mass is 32.2. The monoisotopic (exact) mass is 476 g/mol. The van der Waals surface area contributed by atoms with E-state index in [2.05, 4.69) is 32.3 Å². The molecule has 4 heterocycles. The number of benzene rings is 1. The van der Waals surface area contributed by atoms with E-state index in [0.717, 1.165) is 58.9 Å². The summed E-state index contributed by atoms with van der Waals surface area (Å²) < 4.78 is 1.97. The van der Waals surface area contributed by atoms with Gasteiger partial charge in [-0.05, 0) is 25.0 Å². The van der Waals surface area contributed by atoms with Crippen molar-refractivity contribution in [3.05, 3.63) is 71.6 Å². The molecule has 0 bridgehead atoms. The van der Waals surface area contributed by atoms with Gasteiger partial charge in [0, 0.05) is 41.6 Å². The zero-order valence-corrected chi connectivity index (χ0v) is 19.8. The lowest BCUT2D eigenvalue weighted by molar-refractivity contribution is -0.131. The van der Waals surface area contributed by atoms with Gasteiger partial charge in [-0.3, -0.25) is 9.36 Å². The highest BCUT2D eigenvalue weighted by Crippen LogP contribution is 2.31. The molecule has 1 aromatic carbocycles. The smallest absolute Gasteiger partial charge is 0.222 e. The van der Waals surface area contributed by atoms with Gasteiger partial charge < -0.3 is 4.90 Å². The highest BCUT2D eigenvalue weighted by Gasteiger charge is 2.22. The van der Waals surface area contributed by atoms with Gasteiger partial charge in [0.25, 0.3) is 0 Å². The number of thiazole rings is 1. The second-order valence-corrected chi connectivity index (χ2v) is 9.89.